The number of nitrogens with zero attached hydrogens (tertiary/aromatic N) is 2. The molecular weight excluding hydrogens is 528 g/mol. The van der Waals surface area contributed by atoms with Crippen molar-refractivity contribution in [2.45, 2.75) is 50.7 Å². The molecule has 2 aromatic carbocycles. The molecule has 1 aliphatic carbocycles. The molecule has 3 amide bonds. The van der Waals surface area contributed by atoms with Crippen molar-refractivity contribution in [1.82, 2.24) is 15.1 Å². The Bertz CT molecular complexity index is 1310. The van der Waals surface area contributed by atoms with Crippen LogP contribution in [0.15, 0.2) is 36.4 Å². The van der Waals surface area contributed by atoms with E-state index >= 15 is 0 Å². The summed E-state index contributed by atoms with van der Waals surface area (Å²) in [6.07, 6.45) is 2.54. The van der Waals surface area contributed by atoms with Gasteiger partial charge in [0, 0.05) is 36.3 Å². The lowest BCUT2D eigenvalue weighted by atomic mass is 9.82. The van der Waals surface area contributed by atoms with Crippen LogP contribution in [0.25, 0.3) is 0 Å². The van der Waals surface area contributed by atoms with Crippen LogP contribution < -0.4 is 14.8 Å². The summed E-state index contributed by atoms with van der Waals surface area (Å²) in [6.45, 7) is -0.124. The second-order valence-electron chi connectivity index (χ2n) is 10.2. The first-order chi connectivity index (χ1) is 19.2. The van der Waals surface area contributed by atoms with Gasteiger partial charge in [0.25, 0.3) is 17.7 Å². The molecule has 2 aliphatic heterocycles. The van der Waals surface area contributed by atoms with E-state index in [0.717, 1.165) is 49.1 Å². The number of carbonyl (C=O) groups is 4. The fourth-order valence-electron chi connectivity index (χ4n) is 5.69. The highest BCUT2D eigenvalue weighted by Gasteiger charge is 2.44. The Morgan fingerprint density at radius 2 is 1.50 bits per heavy atom. The predicted octanol–water partition coefficient (Wildman–Crippen LogP) is 3.16. The van der Waals surface area contributed by atoms with Crippen molar-refractivity contribution in [2.75, 3.05) is 19.9 Å². The van der Waals surface area contributed by atoms with Crippen LogP contribution in [0.5, 0.6) is 11.5 Å². The van der Waals surface area contributed by atoms with E-state index < -0.39 is 47.5 Å². The third kappa shape index (κ3) is 5.70. The highest BCUT2D eigenvalue weighted by atomic mass is 19.1. The average molecular weight is 558 g/mol. The van der Waals surface area contributed by atoms with Crippen molar-refractivity contribution < 1.29 is 42.5 Å². The third-order valence-electron chi connectivity index (χ3n) is 7.60. The summed E-state index contributed by atoms with van der Waals surface area (Å²) in [5.41, 5.74) is -0.135. The van der Waals surface area contributed by atoms with Crippen molar-refractivity contribution in [1.29, 1.82) is 0 Å². The molecule has 0 aromatic heterocycles. The van der Waals surface area contributed by atoms with Crippen molar-refractivity contribution in [2.24, 2.45) is 5.92 Å². The molecule has 1 saturated carbocycles. The largest absolute Gasteiger partial charge is 0.481 e. The number of rotatable bonds is 7. The molecule has 0 spiro atoms. The smallest absolute Gasteiger partial charge is 0.305 e. The first-order valence-corrected chi connectivity index (χ1v) is 13.2. The van der Waals surface area contributed by atoms with Gasteiger partial charge in [0.1, 0.15) is 11.6 Å². The number of benzene rings is 2. The first-order valence-electron chi connectivity index (χ1n) is 13.2. The van der Waals surface area contributed by atoms with E-state index in [1.54, 1.807) is 6.07 Å². The molecule has 2 heterocycles. The van der Waals surface area contributed by atoms with Gasteiger partial charge in [-0.05, 0) is 49.1 Å². The predicted molar refractivity (Wildman–Crippen MR) is 136 cm³/mol. The number of aliphatic carboxylic acids is 1. The quantitative estimate of drug-likeness (QED) is 0.536. The van der Waals surface area contributed by atoms with Crippen LogP contribution in [0.4, 0.5) is 8.78 Å². The maximum atomic E-state index is 13.9. The van der Waals surface area contributed by atoms with Gasteiger partial charge in [0.05, 0.1) is 6.42 Å². The zero-order valence-corrected chi connectivity index (χ0v) is 21.6. The number of nitrogens with one attached hydrogen (secondary N) is 1. The van der Waals surface area contributed by atoms with E-state index in [1.807, 2.05) is 0 Å². The van der Waals surface area contributed by atoms with Gasteiger partial charge in [-0.2, -0.15) is 0 Å². The Labute approximate surface area is 228 Å². The molecule has 10 nitrogen and oxygen atoms in total. The van der Waals surface area contributed by atoms with Gasteiger partial charge in [-0.15, -0.1) is 0 Å². The molecule has 2 N–H and O–H groups in total. The number of ether oxygens (including phenoxy) is 2. The number of halogens is 2. The van der Waals surface area contributed by atoms with Crippen LogP contribution in [0.2, 0.25) is 0 Å². The summed E-state index contributed by atoms with van der Waals surface area (Å²) < 4.78 is 38.5. The van der Waals surface area contributed by atoms with Crippen molar-refractivity contribution in [3.05, 3.63) is 59.2 Å². The molecule has 3 aliphatic rings. The Kier molecular flexibility index (Phi) is 7.85. The van der Waals surface area contributed by atoms with E-state index in [4.69, 9.17) is 9.47 Å². The van der Waals surface area contributed by atoms with Crippen LogP contribution in [0.3, 0.4) is 0 Å². The van der Waals surface area contributed by atoms with Crippen LogP contribution in [-0.4, -0.2) is 70.7 Å². The molecule has 2 unspecified atom stereocenters. The van der Waals surface area contributed by atoms with Crippen LogP contribution >= 0.6 is 0 Å². The van der Waals surface area contributed by atoms with E-state index in [2.05, 4.69) is 5.32 Å². The first kappa shape index (κ1) is 27.4. The van der Waals surface area contributed by atoms with Gasteiger partial charge < -0.3 is 29.7 Å². The molecule has 2 atom stereocenters. The van der Waals surface area contributed by atoms with Crippen LogP contribution in [0.1, 0.15) is 59.2 Å². The summed E-state index contributed by atoms with van der Waals surface area (Å²) in [4.78, 5) is 54.8. The van der Waals surface area contributed by atoms with E-state index in [-0.39, 0.29) is 43.3 Å². The minimum Gasteiger partial charge on any atom is -0.481 e. The summed E-state index contributed by atoms with van der Waals surface area (Å²) in [7, 11) is 0. The minimum absolute atomic E-state index is 0.000327. The molecule has 40 heavy (non-hydrogen) atoms. The molecule has 12 heteroatoms. The number of amides is 3. The zero-order valence-electron chi connectivity index (χ0n) is 21.6. The second-order valence-corrected chi connectivity index (χ2v) is 10.2. The number of carboxylic acids is 1. The average Bonchev–Trinajstić information content (AvgIpc) is 3.58. The van der Waals surface area contributed by atoms with Crippen molar-refractivity contribution in [3.63, 3.8) is 0 Å². The van der Waals surface area contributed by atoms with E-state index in [9.17, 15) is 33.1 Å². The second kappa shape index (κ2) is 11.5. The number of carboxylic acid groups (broad SMARTS) is 1. The van der Waals surface area contributed by atoms with Gasteiger partial charge in [0.2, 0.25) is 6.79 Å². The van der Waals surface area contributed by atoms with E-state index in [1.165, 1.54) is 17.0 Å². The molecule has 0 radical (unpaired) electrons. The summed E-state index contributed by atoms with van der Waals surface area (Å²) >= 11 is 0. The number of carbonyl (C=O) groups excluding carboxylic acids is 3. The van der Waals surface area contributed by atoms with Gasteiger partial charge in [-0.25, -0.2) is 8.78 Å². The van der Waals surface area contributed by atoms with Crippen LogP contribution in [0, 0.1) is 17.6 Å². The Morgan fingerprint density at radius 1 is 0.875 bits per heavy atom. The Morgan fingerprint density at radius 3 is 2.15 bits per heavy atom. The molecule has 1 saturated heterocycles. The van der Waals surface area contributed by atoms with E-state index in [0.29, 0.717) is 17.6 Å². The van der Waals surface area contributed by atoms with Gasteiger partial charge in [0.15, 0.2) is 17.7 Å². The highest BCUT2D eigenvalue weighted by molar-refractivity contribution is 6.02. The topological polar surface area (TPSA) is 125 Å². The molecule has 212 valence electrons. The lowest BCUT2D eigenvalue weighted by molar-refractivity contribution is -0.138. The number of hydrogen-bond donors (Lipinski definition) is 2. The normalized spacial score (nSPS) is 19.4. The monoisotopic (exact) mass is 557 g/mol. The fourth-order valence-corrected chi connectivity index (χ4v) is 5.69. The fraction of sp³-hybridized carbons (Fsp3) is 0.429. The maximum absolute atomic E-state index is 13.9. The summed E-state index contributed by atoms with van der Waals surface area (Å²) in [5.74, 6) is -4.43. The molecular formula is C28H29F2N3O7. The van der Waals surface area contributed by atoms with Gasteiger partial charge >= 0.3 is 5.97 Å². The summed E-state index contributed by atoms with van der Waals surface area (Å²) in [6, 6.07) is 6.17. The maximum Gasteiger partial charge on any atom is 0.305 e. The van der Waals surface area contributed by atoms with Crippen molar-refractivity contribution in [3.8, 4) is 11.5 Å². The lowest BCUT2D eigenvalue weighted by Crippen LogP contribution is -2.57. The minimum atomic E-state index is -1.48. The Balaban J connectivity index is 1.46. The Hall–Kier alpha value is -4.22. The lowest BCUT2D eigenvalue weighted by Gasteiger charge is -2.34. The van der Waals surface area contributed by atoms with Gasteiger partial charge in [-0.3, -0.25) is 19.2 Å². The molecule has 5 rings (SSSR count). The molecule has 2 fully saturated rings. The number of hydrogen-bond acceptors (Lipinski definition) is 6. The third-order valence-corrected chi connectivity index (χ3v) is 7.60. The zero-order chi connectivity index (χ0) is 28.4. The van der Waals surface area contributed by atoms with Crippen molar-refractivity contribution >= 4 is 23.7 Å². The molecule has 0 bridgehead atoms. The standard InChI is InChI=1S/C28H29F2N3O7/c29-19-10-18(11-20(30)13-19)28(38)33-9-8-32(27(37)17-6-7-22-23(12-17)40-15-39-22)26(33)25(36)31-21(14-24(34)35)16-4-2-1-3-5-16/h6-7,10-13,16,21,26H,1-5,8-9,14-15H2,(H,31,36)(H,34,35). The SMILES string of the molecule is O=C(O)CC(NC(=O)C1N(C(=O)c2cc(F)cc(F)c2)CCN1C(=O)c1ccc2c(c1)OCO2)C1CCCCC1. The van der Waals surface area contributed by atoms with Gasteiger partial charge in [-0.1, -0.05) is 19.3 Å². The summed E-state index contributed by atoms with van der Waals surface area (Å²) in [5, 5.41) is 12.3. The highest BCUT2D eigenvalue weighted by Crippen LogP contribution is 2.34. The van der Waals surface area contributed by atoms with Crippen LogP contribution in [-0.2, 0) is 9.59 Å². The molecule has 2 aromatic rings. The number of fused-ring (bicyclic) bond motifs is 1.